The first-order valence-corrected chi connectivity index (χ1v) is 12.6. The van der Waals surface area contributed by atoms with Gasteiger partial charge in [-0.1, -0.05) is 12.1 Å². The number of sulfonamides is 1. The van der Waals surface area contributed by atoms with Crippen LogP contribution in [0.1, 0.15) is 21.8 Å². The summed E-state index contributed by atoms with van der Waals surface area (Å²) in [6, 6.07) is 11.4. The number of thiophene rings is 1. The molecule has 0 saturated heterocycles. The van der Waals surface area contributed by atoms with Crippen LogP contribution >= 0.6 is 11.3 Å². The van der Waals surface area contributed by atoms with Crippen molar-refractivity contribution in [3.05, 3.63) is 81.9 Å². The predicted molar refractivity (Wildman–Crippen MR) is 123 cm³/mol. The van der Waals surface area contributed by atoms with Crippen molar-refractivity contribution in [2.45, 2.75) is 24.4 Å². The molecular weight excluding hydrogens is 464 g/mol. The molecule has 0 bridgehead atoms. The number of furan rings is 1. The van der Waals surface area contributed by atoms with Crippen LogP contribution in [0.4, 0.5) is 0 Å². The van der Waals surface area contributed by atoms with E-state index >= 15 is 0 Å². The lowest BCUT2D eigenvalue weighted by Crippen LogP contribution is -2.38. The fraction of sp³-hybridized carbons (Fsp3) is 0.217. The molecule has 10 heteroatoms. The molecule has 2 aromatic heterocycles. The van der Waals surface area contributed by atoms with Crippen LogP contribution < -0.4 is 4.72 Å². The molecule has 0 fully saturated rings. The van der Waals surface area contributed by atoms with Crippen LogP contribution in [0.15, 0.2) is 69.5 Å². The summed E-state index contributed by atoms with van der Waals surface area (Å²) in [7, 11) is -3.70. The van der Waals surface area contributed by atoms with E-state index in [1.165, 1.54) is 35.4 Å². The number of esters is 1. The van der Waals surface area contributed by atoms with Gasteiger partial charge in [-0.3, -0.25) is 4.79 Å². The van der Waals surface area contributed by atoms with Crippen molar-refractivity contribution < 1.29 is 27.2 Å². The second-order valence-electron chi connectivity index (χ2n) is 7.35. The Kier molecular flexibility index (Phi) is 7.07. The lowest BCUT2D eigenvalue weighted by molar-refractivity contribution is -0.148. The molecule has 0 saturated carbocycles. The zero-order valence-corrected chi connectivity index (χ0v) is 19.2. The second-order valence-corrected chi connectivity index (χ2v) is 10.1. The molecule has 0 aliphatic carbocycles. The van der Waals surface area contributed by atoms with Gasteiger partial charge in [-0.25, -0.2) is 17.9 Å². The molecule has 4 rings (SSSR count). The third-order valence-electron chi connectivity index (χ3n) is 5.12. The van der Waals surface area contributed by atoms with E-state index < -0.39 is 16.0 Å². The Morgan fingerprint density at radius 2 is 2.00 bits per heavy atom. The minimum absolute atomic E-state index is 0.0490. The molecule has 0 atom stereocenters. The molecular formula is C23H22N2O6S2. The highest BCUT2D eigenvalue weighted by molar-refractivity contribution is 7.89. The quantitative estimate of drug-likeness (QED) is 0.388. The zero-order chi connectivity index (χ0) is 23.3. The van der Waals surface area contributed by atoms with Gasteiger partial charge in [0.05, 0.1) is 17.7 Å². The fourth-order valence-electron chi connectivity index (χ4n) is 3.32. The van der Waals surface area contributed by atoms with E-state index in [0.717, 1.165) is 12.0 Å². The van der Waals surface area contributed by atoms with E-state index in [4.69, 9.17) is 9.15 Å². The van der Waals surface area contributed by atoms with Crippen molar-refractivity contribution in [2.24, 2.45) is 0 Å². The number of amides is 1. The monoisotopic (exact) mass is 486 g/mol. The van der Waals surface area contributed by atoms with Crippen LogP contribution in [0, 0.1) is 0 Å². The highest BCUT2D eigenvalue weighted by Crippen LogP contribution is 2.24. The van der Waals surface area contributed by atoms with Crippen LogP contribution in [0.3, 0.4) is 0 Å². The summed E-state index contributed by atoms with van der Waals surface area (Å²) in [5.74, 6) is -0.370. The minimum atomic E-state index is -3.70. The molecule has 1 aliphatic heterocycles. The Balaban J connectivity index is 1.25. The standard InChI is InChI=1S/C23H22N2O6S2/c26-22(25-11-9-21-18(15-25)10-13-32-21)16-31-23(27)8-5-17-3-6-20(7-4-17)33(28,29)24-14-19-2-1-12-30-19/h1-8,10,12-13,24H,9,11,14-16H2/b8-5+. The summed E-state index contributed by atoms with van der Waals surface area (Å²) >= 11 is 1.69. The molecule has 1 amide bonds. The van der Waals surface area contributed by atoms with Gasteiger partial charge in [0, 0.05) is 24.0 Å². The summed E-state index contributed by atoms with van der Waals surface area (Å²) in [5.41, 5.74) is 1.76. The van der Waals surface area contributed by atoms with Gasteiger partial charge in [0.15, 0.2) is 6.61 Å². The van der Waals surface area contributed by atoms with E-state index in [9.17, 15) is 18.0 Å². The molecule has 0 unspecified atom stereocenters. The summed E-state index contributed by atoms with van der Waals surface area (Å²) in [6.45, 7) is 0.886. The molecule has 33 heavy (non-hydrogen) atoms. The molecule has 1 aromatic carbocycles. The maximum atomic E-state index is 12.4. The maximum absolute atomic E-state index is 12.4. The molecule has 3 heterocycles. The number of carbonyl (C=O) groups is 2. The molecule has 172 valence electrons. The number of ether oxygens (including phenoxy) is 1. The van der Waals surface area contributed by atoms with Crippen molar-refractivity contribution in [2.75, 3.05) is 13.2 Å². The number of hydrogen-bond acceptors (Lipinski definition) is 7. The number of nitrogens with zero attached hydrogens (tertiary/aromatic N) is 1. The largest absolute Gasteiger partial charge is 0.468 e. The van der Waals surface area contributed by atoms with Gasteiger partial charge in [-0.15, -0.1) is 11.3 Å². The van der Waals surface area contributed by atoms with Crippen molar-refractivity contribution in [1.29, 1.82) is 0 Å². The van der Waals surface area contributed by atoms with Gasteiger partial charge >= 0.3 is 5.97 Å². The number of hydrogen-bond donors (Lipinski definition) is 1. The zero-order valence-electron chi connectivity index (χ0n) is 17.6. The molecule has 8 nitrogen and oxygen atoms in total. The Labute approximate surface area is 195 Å². The lowest BCUT2D eigenvalue weighted by atomic mass is 10.1. The number of rotatable bonds is 8. The van der Waals surface area contributed by atoms with Gasteiger partial charge in [-0.05, 0) is 59.3 Å². The van der Waals surface area contributed by atoms with Crippen LogP contribution in [-0.2, 0) is 43.9 Å². The third-order valence-corrected chi connectivity index (χ3v) is 7.56. The molecule has 1 aliphatic rings. The van der Waals surface area contributed by atoms with Gasteiger partial charge in [0.25, 0.3) is 5.91 Å². The number of benzene rings is 1. The topological polar surface area (TPSA) is 106 Å². The Hall–Kier alpha value is -3.21. The number of nitrogens with one attached hydrogen (secondary N) is 1. The Bertz CT molecular complexity index is 1240. The Morgan fingerprint density at radius 1 is 1.18 bits per heavy atom. The van der Waals surface area contributed by atoms with E-state index in [2.05, 4.69) is 4.72 Å². The van der Waals surface area contributed by atoms with Crippen molar-refractivity contribution in [3.63, 3.8) is 0 Å². The summed E-state index contributed by atoms with van der Waals surface area (Å²) in [4.78, 5) is 27.4. The van der Waals surface area contributed by atoms with Gasteiger partial charge in [0.1, 0.15) is 5.76 Å². The first-order chi connectivity index (χ1) is 15.9. The summed E-state index contributed by atoms with van der Waals surface area (Å²) in [5, 5.41) is 2.02. The lowest BCUT2D eigenvalue weighted by Gasteiger charge is -2.26. The maximum Gasteiger partial charge on any atom is 0.331 e. The average Bonchev–Trinajstić information content (AvgIpc) is 3.51. The molecule has 1 N–H and O–H groups in total. The molecule has 0 spiro atoms. The fourth-order valence-corrected chi connectivity index (χ4v) is 5.20. The van der Waals surface area contributed by atoms with Gasteiger partial charge in [0.2, 0.25) is 10.0 Å². The van der Waals surface area contributed by atoms with E-state index in [1.807, 2.05) is 11.4 Å². The first-order valence-electron chi connectivity index (χ1n) is 10.2. The van der Waals surface area contributed by atoms with Crippen LogP contribution in [0.5, 0.6) is 0 Å². The smallest absolute Gasteiger partial charge is 0.331 e. The van der Waals surface area contributed by atoms with Gasteiger partial charge in [-0.2, -0.15) is 0 Å². The predicted octanol–water partition coefficient (Wildman–Crippen LogP) is 2.96. The normalized spacial score (nSPS) is 13.8. The second kappa shape index (κ2) is 10.2. The van der Waals surface area contributed by atoms with E-state index in [-0.39, 0.29) is 24.0 Å². The van der Waals surface area contributed by atoms with Crippen molar-refractivity contribution >= 4 is 39.3 Å². The minimum Gasteiger partial charge on any atom is -0.468 e. The van der Waals surface area contributed by atoms with Crippen LogP contribution in [0.25, 0.3) is 6.08 Å². The van der Waals surface area contributed by atoms with E-state index in [1.54, 1.807) is 40.5 Å². The SMILES string of the molecule is O=C(/C=C/c1ccc(S(=O)(=O)NCc2ccco2)cc1)OCC(=O)N1CCc2sccc2C1. The van der Waals surface area contributed by atoms with Crippen molar-refractivity contribution in [3.8, 4) is 0 Å². The Morgan fingerprint density at radius 3 is 2.76 bits per heavy atom. The molecule has 0 radical (unpaired) electrons. The third kappa shape index (κ3) is 5.98. The van der Waals surface area contributed by atoms with E-state index in [0.29, 0.717) is 24.4 Å². The highest BCUT2D eigenvalue weighted by Gasteiger charge is 2.22. The van der Waals surface area contributed by atoms with Crippen LogP contribution in [0.2, 0.25) is 0 Å². The number of fused-ring (bicyclic) bond motifs is 1. The average molecular weight is 487 g/mol. The van der Waals surface area contributed by atoms with Crippen LogP contribution in [-0.4, -0.2) is 38.3 Å². The summed E-state index contributed by atoms with van der Waals surface area (Å²) in [6.07, 6.45) is 4.99. The first kappa shape index (κ1) is 23.0. The molecule has 3 aromatic rings. The van der Waals surface area contributed by atoms with Crippen molar-refractivity contribution in [1.82, 2.24) is 9.62 Å². The summed E-state index contributed by atoms with van der Waals surface area (Å²) < 4.78 is 37.3. The van der Waals surface area contributed by atoms with Gasteiger partial charge < -0.3 is 14.1 Å². The number of carbonyl (C=O) groups excluding carboxylic acids is 2. The highest BCUT2D eigenvalue weighted by atomic mass is 32.2.